The lowest BCUT2D eigenvalue weighted by Crippen LogP contribution is -2.20. The van der Waals surface area contributed by atoms with E-state index in [4.69, 9.17) is 0 Å². The standard InChI is InChI=1S/C15H21NO/c1-4-5-8-16-12-9-11(3)14-10(2)6-7-13(17)15(12)14/h4,6-7,11-12,16-17H,1,5,8-9H2,2-3H3. The fourth-order valence-corrected chi connectivity index (χ4v) is 2.89. The number of aryl methyl sites for hydroxylation is 1. The van der Waals surface area contributed by atoms with Crippen LogP contribution in [0.2, 0.25) is 0 Å². The second-order valence-corrected chi connectivity index (χ2v) is 4.95. The Morgan fingerprint density at radius 1 is 1.47 bits per heavy atom. The Kier molecular flexibility index (Phi) is 3.53. The van der Waals surface area contributed by atoms with Crippen molar-refractivity contribution in [2.75, 3.05) is 6.54 Å². The number of aromatic hydroxyl groups is 1. The third-order valence-corrected chi connectivity index (χ3v) is 3.65. The average molecular weight is 231 g/mol. The number of phenols is 1. The molecule has 0 fully saturated rings. The van der Waals surface area contributed by atoms with Crippen LogP contribution >= 0.6 is 0 Å². The summed E-state index contributed by atoms with van der Waals surface area (Å²) in [6, 6.07) is 4.12. The van der Waals surface area contributed by atoms with Gasteiger partial charge in [-0.05, 0) is 49.4 Å². The van der Waals surface area contributed by atoms with Crippen molar-refractivity contribution in [3.63, 3.8) is 0 Å². The normalized spacial score (nSPS) is 22.5. The predicted molar refractivity (Wildman–Crippen MR) is 71.4 cm³/mol. The lowest BCUT2D eigenvalue weighted by atomic mass is 9.97. The first-order valence-electron chi connectivity index (χ1n) is 6.31. The minimum atomic E-state index is 0.292. The smallest absolute Gasteiger partial charge is 0.120 e. The van der Waals surface area contributed by atoms with Crippen molar-refractivity contribution < 1.29 is 5.11 Å². The van der Waals surface area contributed by atoms with E-state index in [1.54, 1.807) is 0 Å². The van der Waals surface area contributed by atoms with Gasteiger partial charge in [-0.3, -0.25) is 0 Å². The van der Waals surface area contributed by atoms with Gasteiger partial charge in [-0.25, -0.2) is 0 Å². The first-order chi connectivity index (χ1) is 8.15. The molecule has 92 valence electrons. The third kappa shape index (κ3) is 2.22. The number of rotatable bonds is 4. The zero-order valence-electron chi connectivity index (χ0n) is 10.7. The molecule has 0 aromatic heterocycles. The van der Waals surface area contributed by atoms with Crippen molar-refractivity contribution in [1.82, 2.24) is 5.32 Å². The maximum absolute atomic E-state index is 10.0. The molecule has 0 bridgehead atoms. The van der Waals surface area contributed by atoms with Crippen LogP contribution in [0.15, 0.2) is 24.8 Å². The van der Waals surface area contributed by atoms with Gasteiger partial charge in [-0.15, -0.1) is 6.58 Å². The summed E-state index contributed by atoms with van der Waals surface area (Å²) in [5.41, 5.74) is 3.74. The summed E-state index contributed by atoms with van der Waals surface area (Å²) in [4.78, 5) is 0. The molecule has 1 aliphatic carbocycles. The molecule has 2 N–H and O–H groups in total. The van der Waals surface area contributed by atoms with Gasteiger partial charge in [0.25, 0.3) is 0 Å². The molecule has 0 amide bonds. The lowest BCUT2D eigenvalue weighted by Gasteiger charge is -2.15. The minimum Gasteiger partial charge on any atom is -0.508 e. The van der Waals surface area contributed by atoms with Gasteiger partial charge in [0.05, 0.1) is 0 Å². The van der Waals surface area contributed by atoms with Gasteiger partial charge in [-0.1, -0.05) is 19.1 Å². The van der Waals surface area contributed by atoms with E-state index in [9.17, 15) is 5.11 Å². The van der Waals surface area contributed by atoms with Crippen molar-refractivity contribution in [2.24, 2.45) is 0 Å². The van der Waals surface area contributed by atoms with Gasteiger partial charge in [-0.2, -0.15) is 0 Å². The second kappa shape index (κ2) is 4.92. The molecule has 0 spiro atoms. The molecule has 0 saturated heterocycles. The van der Waals surface area contributed by atoms with Gasteiger partial charge in [0.15, 0.2) is 0 Å². The van der Waals surface area contributed by atoms with E-state index in [1.165, 1.54) is 11.1 Å². The number of hydrogen-bond acceptors (Lipinski definition) is 2. The molecule has 0 aliphatic heterocycles. The Labute approximate surface area is 103 Å². The highest BCUT2D eigenvalue weighted by molar-refractivity contribution is 5.50. The molecule has 2 nitrogen and oxygen atoms in total. The zero-order valence-corrected chi connectivity index (χ0v) is 10.7. The van der Waals surface area contributed by atoms with E-state index in [-0.39, 0.29) is 0 Å². The van der Waals surface area contributed by atoms with Crippen molar-refractivity contribution in [2.45, 2.75) is 38.6 Å². The zero-order chi connectivity index (χ0) is 12.4. The summed E-state index contributed by atoms with van der Waals surface area (Å²) in [5.74, 6) is 0.962. The van der Waals surface area contributed by atoms with Crippen molar-refractivity contribution in [1.29, 1.82) is 0 Å². The van der Waals surface area contributed by atoms with E-state index >= 15 is 0 Å². The van der Waals surface area contributed by atoms with Crippen LogP contribution in [0.4, 0.5) is 0 Å². The minimum absolute atomic E-state index is 0.292. The van der Waals surface area contributed by atoms with Crippen LogP contribution in [0.5, 0.6) is 5.75 Å². The summed E-state index contributed by atoms with van der Waals surface area (Å²) in [6.45, 7) is 9.01. The van der Waals surface area contributed by atoms with Crippen LogP contribution in [0.3, 0.4) is 0 Å². The second-order valence-electron chi connectivity index (χ2n) is 4.95. The van der Waals surface area contributed by atoms with Crippen LogP contribution in [0.1, 0.15) is 48.4 Å². The fourth-order valence-electron chi connectivity index (χ4n) is 2.89. The molecule has 2 atom stereocenters. The lowest BCUT2D eigenvalue weighted by molar-refractivity contribution is 0.447. The Morgan fingerprint density at radius 2 is 2.24 bits per heavy atom. The van der Waals surface area contributed by atoms with E-state index < -0.39 is 0 Å². The van der Waals surface area contributed by atoms with E-state index in [0.29, 0.717) is 17.7 Å². The number of fused-ring (bicyclic) bond motifs is 1. The predicted octanol–water partition coefficient (Wildman–Crippen LogP) is 3.41. The summed E-state index contributed by atoms with van der Waals surface area (Å²) in [5, 5.41) is 13.5. The monoisotopic (exact) mass is 231 g/mol. The maximum atomic E-state index is 10.0. The average Bonchev–Trinajstić information content (AvgIpc) is 2.63. The molecule has 1 aromatic carbocycles. The number of phenolic OH excluding ortho intramolecular Hbond substituents is 1. The number of hydrogen-bond donors (Lipinski definition) is 2. The van der Waals surface area contributed by atoms with Gasteiger partial charge in [0.1, 0.15) is 5.75 Å². The molecular weight excluding hydrogens is 210 g/mol. The highest BCUT2D eigenvalue weighted by Crippen LogP contribution is 2.45. The summed E-state index contributed by atoms with van der Waals surface area (Å²) in [7, 11) is 0. The molecule has 0 saturated carbocycles. The summed E-state index contributed by atoms with van der Waals surface area (Å²) >= 11 is 0. The molecular formula is C15H21NO. The number of nitrogens with one attached hydrogen (secondary N) is 1. The molecule has 0 heterocycles. The van der Waals surface area contributed by atoms with Crippen LogP contribution in [0.25, 0.3) is 0 Å². The molecule has 1 aromatic rings. The van der Waals surface area contributed by atoms with Crippen LogP contribution in [0, 0.1) is 6.92 Å². The van der Waals surface area contributed by atoms with E-state index in [2.05, 4.69) is 25.7 Å². The first-order valence-corrected chi connectivity index (χ1v) is 6.31. The molecule has 2 rings (SSSR count). The molecule has 1 aliphatic rings. The quantitative estimate of drug-likeness (QED) is 0.615. The van der Waals surface area contributed by atoms with Gasteiger partial charge >= 0.3 is 0 Å². The Morgan fingerprint density at radius 3 is 2.94 bits per heavy atom. The van der Waals surface area contributed by atoms with Crippen molar-refractivity contribution in [3.8, 4) is 5.75 Å². The van der Waals surface area contributed by atoms with Crippen molar-refractivity contribution in [3.05, 3.63) is 41.5 Å². The van der Waals surface area contributed by atoms with Gasteiger partial charge < -0.3 is 10.4 Å². The van der Waals surface area contributed by atoms with E-state index in [0.717, 1.165) is 24.9 Å². The first kappa shape index (κ1) is 12.2. The molecule has 0 radical (unpaired) electrons. The highest BCUT2D eigenvalue weighted by Gasteiger charge is 2.31. The van der Waals surface area contributed by atoms with Crippen LogP contribution in [-0.2, 0) is 0 Å². The number of benzene rings is 1. The topological polar surface area (TPSA) is 32.3 Å². The summed E-state index contributed by atoms with van der Waals surface area (Å²) in [6.07, 6.45) is 3.96. The Bertz CT molecular complexity index is 425. The van der Waals surface area contributed by atoms with E-state index in [1.807, 2.05) is 18.2 Å². The SMILES string of the molecule is C=CCCNC1CC(C)c2c(C)ccc(O)c21. The molecule has 2 heteroatoms. The fraction of sp³-hybridized carbons (Fsp3) is 0.467. The van der Waals surface area contributed by atoms with Crippen molar-refractivity contribution >= 4 is 0 Å². The molecule has 2 unspecified atom stereocenters. The van der Waals surface area contributed by atoms with Crippen LogP contribution in [-0.4, -0.2) is 11.7 Å². The Hall–Kier alpha value is -1.28. The molecule has 17 heavy (non-hydrogen) atoms. The largest absolute Gasteiger partial charge is 0.508 e. The third-order valence-electron chi connectivity index (χ3n) is 3.65. The maximum Gasteiger partial charge on any atom is 0.120 e. The van der Waals surface area contributed by atoms with Crippen LogP contribution < -0.4 is 5.32 Å². The van der Waals surface area contributed by atoms with Gasteiger partial charge in [0.2, 0.25) is 0 Å². The Balaban J connectivity index is 2.26. The summed E-state index contributed by atoms with van der Waals surface area (Å²) < 4.78 is 0. The highest BCUT2D eigenvalue weighted by atomic mass is 16.3. The van der Waals surface area contributed by atoms with Gasteiger partial charge in [0, 0.05) is 11.6 Å².